The van der Waals surface area contributed by atoms with E-state index in [4.69, 9.17) is 9.47 Å². The van der Waals surface area contributed by atoms with Gasteiger partial charge in [-0.25, -0.2) is 9.59 Å². The molecule has 0 amide bonds. The van der Waals surface area contributed by atoms with Crippen LogP contribution in [0.5, 0.6) is 0 Å². The van der Waals surface area contributed by atoms with Crippen molar-refractivity contribution in [2.24, 2.45) is 11.8 Å². The van der Waals surface area contributed by atoms with Crippen molar-refractivity contribution in [3.63, 3.8) is 0 Å². The summed E-state index contributed by atoms with van der Waals surface area (Å²) in [5.74, 6) is 0.0680. The summed E-state index contributed by atoms with van der Waals surface area (Å²) in [6, 6.07) is 7.46. The van der Waals surface area contributed by atoms with E-state index in [-0.39, 0.29) is 24.1 Å². The van der Waals surface area contributed by atoms with Gasteiger partial charge in [0.25, 0.3) is 0 Å². The van der Waals surface area contributed by atoms with Gasteiger partial charge in [0, 0.05) is 0 Å². The molecule has 0 bridgehead atoms. The number of rotatable bonds is 50. The Morgan fingerprint density at radius 2 is 0.500 bits per heavy atom. The van der Waals surface area contributed by atoms with E-state index in [0.29, 0.717) is 23.0 Å². The normalized spacial score (nSPS) is 13.4. The second-order valence-electron chi connectivity index (χ2n) is 21.0. The summed E-state index contributed by atoms with van der Waals surface area (Å²) in [7, 11) is 0. The van der Waals surface area contributed by atoms with Gasteiger partial charge in [-0.15, -0.1) is 0 Å². The van der Waals surface area contributed by atoms with Gasteiger partial charge >= 0.3 is 11.9 Å². The van der Waals surface area contributed by atoms with Crippen molar-refractivity contribution in [3.05, 3.63) is 35.4 Å². The van der Waals surface area contributed by atoms with Crippen LogP contribution in [-0.4, -0.2) is 24.1 Å². The summed E-state index contributed by atoms with van der Waals surface area (Å²) in [5.41, 5.74) is 0.783. The molecule has 0 aromatic heterocycles. The molecule has 0 N–H and O–H groups in total. The molecule has 1 aromatic carbocycles. The van der Waals surface area contributed by atoms with Crippen molar-refractivity contribution in [1.82, 2.24) is 0 Å². The number of unbranched alkanes of at least 4 members (excludes halogenated alkanes) is 32. The fourth-order valence-electron chi connectivity index (χ4n) is 10.4. The fourth-order valence-corrected chi connectivity index (χ4v) is 10.4. The molecule has 0 aliphatic rings. The molecule has 0 aliphatic carbocycles. The number of carbonyl (C=O) groups excluding carboxylic acids is 2. The third-order valence-corrected chi connectivity index (χ3v) is 14.8. The van der Waals surface area contributed by atoms with Crippen LogP contribution in [0.2, 0.25) is 0 Å². The lowest BCUT2D eigenvalue weighted by molar-refractivity contribution is 0.00212. The topological polar surface area (TPSA) is 52.6 Å². The largest absolute Gasteiger partial charge is 0.458 e. The zero-order valence-corrected chi connectivity index (χ0v) is 45.4. The lowest BCUT2D eigenvalue weighted by atomic mass is 9.86. The second-order valence-corrected chi connectivity index (χ2v) is 21.0. The summed E-state index contributed by atoms with van der Waals surface area (Å²) in [6.07, 6.45) is 54.3. The smallest absolute Gasteiger partial charge is 0.339 e. The van der Waals surface area contributed by atoms with Gasteiger partial charge in [-0.05, 0) is 75.3 Å². The number of esters is 2. The third kappa shape index (κ3) is 33.6. The van der Waals surface area contributed by atoms with Crippen LogP contribution in [0.15, 0.2) is 24.3 Å². The van der Waals surface area contributed by atoms with E-state index >= 15 is 0 Å². The molecular weight excluding hydrogens is 809 g/mol. The minimum absolute atomic E-state index is 0.118. The quantitative estimate of drug-likeness (QED) is 0.0483. The summed E-state index contributed by atoms with van der Waals surface area (Å²) in [6.45, 7) is 13.7. The van der Waals surface area contributed by atoms with Crippen LogP contribution in [0.1, 0.15) is 345 Å². The monoisotopic (exact) mass is 923 g/mol. The summed E-state index contributed by atoms with van der Waals surface area (Å²) >= 11 is 0. The van der Waals surface area contributed by atoms with Gasteiger partial charge in [0.05, 0.1) is 11.1 Å². The molecule has 0 fully saturated rings. The summed E-state index contributed by atoms with van der Waals surface area (Å²) in [5, 5.41) is 0. The molecule has 0 spiro atoms. The van der Waals surface area contributed by atoms with Crippen LogP contribution in [-0.2, 0) is 9.47 Å². The molecular formula is C62H114O4. The van der Waals surface area contributed by atoms with Crippen molar-refractivity contribution < 1.29 is 19.1 Å². The Hall–Kier alpha value is -1.84. The lowest BCUT2D eigenvalue weighted by Crippen LogP contribution is -2.30. The molecule has 4 heteroatoms. The number of hydrogen-bond acceptors (Lipinski definition) is 4. The highest BCUT2D eigenvalue weighted by atomic mass is 16.6. The van der Waals surface area contributed by atoms with Crippen LogP contribution < -0.4 is 0 Å². The Bertz CT molecular complexity index is 1100. The Balaban J connectivity index is 3.37. The highest BCUT2D eigenvalue weighted by molar-refractivity contribution is 6.03. The Morgan fingerprint density at radius 3 is 0.727 bits per heavy atom. The van der Waals surface area contributed by atoms with E-state index in [1.54, 1.807) is 0 Å². The van der Waals surface area contributed by atoms with Gasteiger partial charge in [-0.1, -0.05) is 285 Å². The van der Waals surface area contributed by atoms with Crippen LogP contribution in [0, 0.1) is 11.8 Å². The van der Waals surface area contributed by atoms with Crippen LogP contribution in [0.3, 0.4) is 0 Å². The number of hydrogen-bond donors (Lipinski definition) is 0. The molecule has 4 atom stereocenters. The Morgan fingerprint density at radius 1 is 0.303 bits per heavy atom. The van der Waals surface area contributed by atoms with Gasteiger partial charge in [-0.2, -0.15) is 0 Å². The van der Waals surface area contributed by atoms with E-state index in [0.717, 1.165) is 51.4 Å². The van der Waals surface area contributed by atoms with Gasteiger partial charge in [0.2, 0.25) is 0 Å². The maximum atomic E-state index is 14.6. The van der Waals surface area contributed by atoms with Gasteiger partial charge in [0.15, 0.2) is 0 Å². The molecule has 1 aromatic rings. The van der Waals surface area contributed by atoms with Crippen molar-refractivity contribution in [2.45, 2.75) is 336 Å². The molecule has 1 rings (SSSR count). The second kappa shape index (κ2) is 46.9. The molecule has 0 radical (unpaired) electrons. The van der Waals surface area contributed by atoms with Gasteiger partial charge in [0.1, 0.15) is 12.2 Å². The molecule has 0 aliphatic heterocycles. The van der Waals surface area contributed by atoms with Crippen molar-refractivity contribution in [2.75, 3.05) is 0 Å². The van der Waals surface area contributed by atoms with Gasteiger partial charge in [-0.3, -0.25) is 0 Å². The zero-order chi connectivity index (χ0) is 48.0. The first-order valence-electron chi connectivity index (χ1n) is 30.0. The lowest BCUT2D eigenvalue weighted by Gasteiger charge is -2.29. The van der Waals surface area contributed by atoms with E-state index in [1.807, 2.05) is 24.3 Å². The predicted octanol–water partition coefficient (Wildman–Crippen LogP) is 21.3. The highest BCUT2D eigenvalue weighted by Gasteiger charge is 2.30. The minimum Gasteiger partial charge on any atom is -0.458 e. The predicted molar refractivity (Wildman–Crippen MR) is 289 cm³/mol. The average Bonchev–Trinajstić information content (AvgIpc) is 3.33. The SMILES string of the molecule is CCCCCCCCCCC(OC(=O)c1ccccc1C(=O)OC(CCCCCCCCCC)C(CCCCCCC)CCCCCCCC)C(CCCCCCC)CCCCCCCC. The molecule has 0 saturated heterocycles. The van der Waals surface area contributed by atoms with Crippen LogP contribution in [0.4, 0.5) is 0 Å². The van der Waals surface area contributed by atoms with Crippen LogP contribution >= 0.6 is 0 Å². The number of benzene rings is 1. The molecule has 4 nitrogen and oxygen atoms in total. The van der Waals surface area contributed by atoms with E-state index in [2.05, 4.69) is 41.5 Å². The summed E-state index contributed by atoms with van der Waals surface area (Å²) < 4.78 is 13.5. The fraction of sp³-hybridized carbons (Fsp3) is 0.871. The van der Waals surface area contributed by atoms with Crippen molar-refractivity contribution >= 4 is 11.9 Å². The zero-order valence-electron chi connectivity index (χ0n) is 45.4. The maximum Gasteiger partial charge on any atom is 0.339 e. The van der Waals surface area contributed by atoms with Crippen LogP contribution in [0.25, 0.3) is 0 Å². The Kier molecular flexibility index (Phi) is 44.2. The Labute approximate surface area is 412 Å². The molecule has 66 heavy (non-hydrogen) atoms. The number of ether oxygens (including phenoxy) is 2. The van der Waals surface area contributed by atoms with Gasteiger partial charge < -0.3 is 9.47 Å². The average molecular weight is 924 g/mol. The molecule has 4 unspecified atom stereocenters. The molecule has 0 heterocycles. The van der Waals surface area contributed by atoms with Crippen molar-refractivity contribution in [1.29, 1.82) is 0 Å². The molecule has 0 saturated carbocycles. The first kappa shape index (κ1) is 62.2. The first-order valence-corrected chi connectivity index (χ1v) is 30.0. The maximum absolute atomic E-state index is 14.6. The van der Waals surface area contributed by atoms with E-state index in [1.165, 1.54) is 231 Å². The summed E-state index contributed by atoms with van der Waals surface area (Å²) in [4.78, 5) is 29.2. The minimum atomic E-state index is -0.328. The first-order chi connectivity index (χ1) is 32.5. The highest BCUT2D eigenvalue weighted by Crippen LogP contribution is 2.31. The standard InChI is InChI=1S/C62H114O4/c1-7-13-19-25-29-31-37-43-53-59(55(47-39-33-23-17-11-5)49-41-35-27-21-15-9-3)65-61(63)57-51-45-46-52-58(57)62(64)66-60(54-44-38-32-30-26-20-14-8-2)56(48-40-34-24-18-12-6)50-42-36-28-22-16-10-4/h45-46,51-52,55-56,59-60H,7-44,47-50,53-54H2,1-6H3. The molecule has 386 valence electrons. The van der Waals surface area contributed by atoms with E-state index in [9.17, 15) is 9.59 Å². The van der Waals surface area contributed by atoms with E-state index < -0.39 is 0 Å². The van der Waals surface area contributed by atoms with Crippen molar-refractivity contribution in [3.8, 4) is 0 Å². The third-order valence-electron chi connectivity index (χ3n) is 14.8. The number of carbonyl (C=O) groups is 2.